The van der Waals surface area contributed by atoms with Crippen LogP contribution in [-0.2, 0) is 27.5 Å². The molecule has 0 aliphatic heterocycles. The Kier molecular flexibility index (Phi) is 9.30. The van der Waals surface area contributed by atoms with Crippen molar-refractivity contribution in [2.24, 2.45) is 5.92 Å². The quantitative estimate of drug-likeness (QED) is 0.198. The molecule has 8 nitrogen and oxygen atoms in total. The van der Waals surface area contributed by atoms with E-state index >= 15 is 0 Å². The molecule has 0 radical (unpaired) electrons. The highest BCUT2D eigenvalue weighted by Gasteiger charge is 2.34. The number of carboxylic acid groups (broad SMARTS) is 1. The van der Waals surface area contributed by atoms with Gasteiger partial charge in [-0.05, 0) is 67.6 Å². The maximum Gasteiger partial charge on any atom is 0.344 e. The zero-order chi connectivity index (χ0) is 30.5. The van der Waals surface area contributed by atoms with E-state index in [9.17, 15) is 22.8 Å². The van der Waals surface area contributed by atoms with Crippen molar-refractivity contribution in [3.8, 4) is 5.75 Å². The highest BCUT2D eigenvalue weighted by Crippen LogP contribution is 2.37. The van der Waals surface area contributed by atoms with E-state index in [0.29, 0.717) is 17.3 Å². The van der Waals surface area contributed by atoms with Gasteiger partial charge in [0.1, 0.15) is 30.0 Å². The van der Waals surface area contributed by atoms with E-state index in [4.69, 9.17) is 14.6 Å². The fourth-order valence-electron chi connectivity index (χ4n) is 5.47. The molecule has 0 spiro atoms. The van der Waals surface area contributed by atoms with Crippen molar-refractivity contribution < 1.29 is 37.3 Å². The molecule has 226 valence electrons. The van der Waals surface area contributed by atoms with Gasteiger partial charge in [-0.1, -0.05) is 31.4 Å². The number of hydrogen-bond acceptors (Lipinski definition) is 5. The standard InChI is InChI=1S/C32H32F3N3O5/c1-19(32(40)41)43-24-13-11-23(12-14-24)36-31(39)30(21-5-3-2-4-6-21)38-28-16-26(35)25(34)15-27(28)37-29(38)18-42-17-20-7-9-22(33)10-8-20/h7-16,19,21,30H,2-6,17-18H2,1H3,(H,36,39)(H,40,41). The predicted molar refractivity (Wildman–Crippen MR) is 153 cm³/mol. The van der Waals surface area contributed by atoms with E-state index in [2.05, 4.69) is 10.3 Å². The van der Waals surface area contributed by atoms with Gasteiger partial charge in [0.2, 0.25) is 5.91 Å². The minimum atomic E-state index is -1.10. The second-order valence-electron chi connectivity index (χ2n) is 10.7. The van der Waals surface area contributed by atoms with Gasteiger partial charge in [0.05, 0.1) is 17.6 Å². The number of rotatable bonds is 11. The molecule has 4 aromatic rings. The molecule has 1 saturated carbocycles. The SMILES string of the molecule is CC(Oc1ccc(NC(=O)C(C2CCCCC2)n2c(COCc3ccc(F)cc3)nc3cc(F)c(F)cc32)cc1)C(=O)O. The van der Waals surface area contributed by atoms with Crippen LogP contribution in [0.1, 0.15) is 56.5 Å². The number of benzene rings is 3. The van der Waals surface area contributed by atoms with E-state index in [0.717, 1.165) is 49.8 Å². The molecular weight excluding hydrogens is 563 g/mol. The smallest absolute Gasteiger partial charge is 0.344 e. The molecule has 1 aliphatic carbocycles. The number of anilines is 1. The van der Waals surface area contributed by atoms with Gasteiger partial charge in [-0.3, -0.25) is 4.79 Å². The largest absolute Gasteiger partial charge is 0.479 e. The minimum Gasteiger partial charge on any atom is -0.479 e. The highest BCUT2D eigenvalue weighted by atomic mass is 19.2. The zero-order valence-electron chi connectivity index (χ0n) is 23.6. The number of fused-ring (bicyclic) bond motifs is 1. The molecule has 3 aromatic carbocycles. The Bertz CT molecular complexity index is 1580. The predicted octanol–water partition coefficient (Wildman–Crippen LogP) is 6.78. The van der Waals surface area contributed by atoms with Crippen LogP contribution in [0.4, 0.5) is 18.9 Å². The van der Waals surface area contributed by atoms with Crippen molar-refractivity contribution in [2.45, 2.75) is 64.4 Å². The number of carbonyl (C=O) groups excluding carboxylic acids is 1. The molecule has 5 rings (SSSR count). The second kappa shape index (κ2) is 13.3. The molecule has 1 heterocycles. The molecule has 11 heteroatoms. The number of nitrogens with zero attached hydrogens (tertiary/aromatic N) is 2. The summed E-state index contributed by atoms with van der Waals surface area (Å²) in [5.41, 5.74) is 1.66. The van der Waals surface area contributed by atoms with Crippen LogP contribution in [0.25, 0.3) is 11.0 Å². The first-order valence-electron chi connectivity index (χ1n) is 14.2. The molecule has 1 fully saturated rings. The van der Waals surface area contributed by atoms with Crippen LogP contribution in [-0.4, -0.2) is 32.6 Å². The number of carboxylic acids is 1. The minimum absolute atomic E-state index is 0.0560. The lowest BCUT2D eigenvalue weighted by Crippen LogP contribution is -2.34. The highest BCUT2D eigenvalue weighted by molar-refractivity contribution is 5.95. The summed E-state index contributed by atoms with van der Waals surface area (Å²) >= 11 is 0. The Hall–Kier alpha value is -4.38. The second-order valence-corrected chi connectivity index (χ2v) is 10.7. The van der Waals surface area contributed by atoms with Gasteiger partial charge in [-0.2, -0.15) is 0 Å². The topological polar surface area (TPSA) is 103 Å². The van der Waals surface area contributed by atoms with Gasteiger partial charge in [-0.15, -0.1) is 0 Å². The lowest BCUT2D eigenvalue weighted by atomic mass is 9.83. The molecule has 1 amide bonds. The van der Waals surface area contributed by atoms with Crippen molar-refractivity contribution in [3.63, 3.8) is 0 Å². The summed E-state index contributed by atoms with van der Waals surface area (Å²) in [6.45, 7) is 1.50. The third kappa shape index (κ3) is 7.16. The van der Waals surface area contributed by atoms with E-state index in [1.807, 2.05) is 0 Å². The average Bonchev–Trinajstić information content (AvgIpc) is 3.32. The maximum atomic E-state index is 14.5. The molecule has 2 N–H and O–H groups in total. The molecule has 2 unspecified atom stereocenters. The first kappa shape index (κ1) is 30.1. The number of aliphatic carboxylic acids is 1. The summed E-state index contributed by atoms with van der Waals surface area (Å²) < 4.78 is 55.0. The van der Waals surface area contributed by atoms with Crippen molar-refractivity contribution in [1.29, 1.82) is 0 Å². The van der Waals surface area contributed by atoms with Gasteiger partial charge in [0, 0.05) is 17.8 Å². The molecule has 2 atom stereocenters. The first-order valence-corrected chi connectivity index (χ1v) is 14.2. The number of aromatic nitrogens is 2. The number of halogens is 3. The number of imidazole rings is 1. The molecule has 1 aliphatic rings. The summed E-state index contributed by atoms with van der Waals surface area (Å²) in [6, 6.07) is 13.4. The summed E-state index contributed by atoms with van der Waals surface area (Å²) in [7, 11) is 0. The summed E-state index contributed by atoms with van der Waals surface area (Å²) in [5.74, 6) is -3.37. The Balaban J connectivity index is 1.46. The summed E-state index contributed by atoms with van der Waals surface area (Å²) in [4.78, 5) is 29.7. The lowest BCUT2D eigenvalue weighted by molar-refractivity contribution is -0.144. The van der Waals surface area contributed by atoms with Gasteiger partial charge in [-0.25, -0.2) is 22.9 Å². The van der Waals surface area contributed by atoms with Crippen molar-refractivity contribution in [2.75, 3.05) is 5.32 Å². The van der Waals surface area contributed by atoms with Crippen LogP contribution in [0.5, 0.6) is 5.75 Å². The Morgan fingerprint density at radius 2 is 1.65 bits per heavy atom. The summed E-state index contributed by atoms with van der Waals surface area (Å²) in [5, 5.41) is 12.0. The van der Waals surface area contributed by atoms with Gasteiger partial charge in [0.15, 0.2) is 17.7 Å². The molecule has 0 bridgehead atoms. The number of ether oxygens (including phenoxy) is 2. The van der Waals surface area contributed by atoms with Crippen LogP contribution < -0.4 is 10.1 Å². The third-order valence-electron chi connectivity index (χ3n) is 7.64. The zero-order valence-corrected chi connectivity index (χ0v) is 23.6. The van der Waals surface area contributed by atoms with Crippen molar-refractivity contribution >= 4 is 28.6 Å². The molecular formula is C32H32F3N3O5. The number of amides is 1. The first-order chi connectivity index (χ1) is 20.7. The lowest BCUT2D eigenvalue weighted by Gasteiger charge is -2.32. The Morgan fingerprint density at radius 1 is 0.977 bits per heavy atom. The molecule has 0 saturated heterocycles. The van der Waals surface area contributed by atoms with Crippen LogP contribution in [0.2, 0.25) is 0 Å². The van der Waals surface area contributed by atoms with Gasteiger partial charge < -0.3 is 24.5 Å². The van der Waals surface area contributed by atoms with E-state index < -0.39 is 29.7 Å². The van der Waals surface area contributed by atoms with Crippen LogP contribution >= 0.6 is 0 Å². The van der Waals surface area contributed by atoms with Crippen LogP contribution in [0.15, 0.2) is 60.7 Å². The average molecular weight is 596 g/mol. The van der Waals surface area contributed by atoms with Crippen molar-refractivity contribution in [3.05, 3.63) is 89.5 Å². The van der Waals surface area contributed by atoms with Crippen molar-refractivity contribution in [1.82, 2.24) is 9.55 Å². The number of carbonyl (C=O) groups is 2. The van der Waals surface area contributed by atoms with Crippen LogP contribution in [0.3, 0.4) is 0 Å². The van der Waals surface area contributed by atoms with Crippen LogP contribution in [0, 0.1) is 23.4 Å². The fraction of sp³-hybridized carbons (Fsp3) is 0.344. The third-order valence-corrected chi connectivity index (χ3v) is 7.64. The van der Waals surface area contributed by atoms with E-state index in [-0.39, 0.29) is 41.9 Å². The summed E-state index contributed by atoms with van der Waals surface area (Å²) in [6.07, 6.45) is 3.37. The monoisotopic (exact) mass is 595 g/mol. The Labute approximate surface area is 246 Å². The fourth-order valence-corrected chi connectivity index (χ4v) is 5.47. The van der Waals surface area contributed by atoms with E-state index in [1.54, 1.807) is 41.0 Å². The normalized spacial score (nSPS) is 15.3. The van der Waals surface area contributed by atoms with Gasteiger partial charge in [0.25, 0.3) is 0 Å². The maximum absolute atomic E-state index is 14.5. The molecule has 1 aromatic heterocycles. The number of nitrogens with one attached hydrogen (secondary N) is 1. The van der Waals surface area contributed by atoms with Gasteiger partial charge >= 0.3 is 5.97 Å². The Morgan fingerprint density at radius 3 is 2.33 bits per heavy atom. The van der Waals surface area contributed by atoms with E-state index in [1.165, 1.54) is 19.1 Å². The number of hydrogen-bond donors (Lipinski definition) is 2. The molecule has 43 heavy (non-hydrogen) atoms.